The Morgan fingerprint density at radius 1 is 1.22 bits per heavy atom. The van der Waals surface area contributed by atoms with Crippen molar-refractivity contribution in [1.29, 1.82) is 0 Å². The number of ether oxygens (including phenoxy) is 2. The molecule has 1 aromatic carbocycles. The van der Waals surface area contributed by atoms with Crippen molar-refractivity contribution < 1.29 is 19.1 Å². The zero-order chi connectivity index (χ0) is 16.8. The summed E-state index contributed by atoms with van der Waals surface area (Å²) in [5.41, 5.74) is 0.506. The molecule has 1 unspecified atom stereocenters. The summed E-state index contributed by atoms with van der Waals surface area (Å²) >= 11 is 0. The van der Waals surface area contributed by atoms with Crippen molar-refractivity contribution in [3.8, 4) is 11.5 Å². The van der Waals surface area contributed by atoms with Gasteiger partial charge in [-0.15, -0.1) is 0 Å². The molecule has 1 saturated heterocycles. The summed E-state index contributed by atoms with van der Waals surface area (Å²) < 4.78 is 10.4. The SMILES string of the molecule is CCC1CCCCN1C(=O)C(=O)Nc1ccc(OC)c(OC)c1. The van der Waals surface area contributed by atoms with Crippen LogP contribution in [-0.4, -0.2) is 43.5 Å². The second kappa shape index (κ2) is 7.85. The second-order valence-electron chi connectivity index (χ2n) is 5.58. The van der Waals surface area contributed by atoms with Gasteiger partial charge in [0.15, 0.2) is 11.5 Å². The van der Waals surface area contributed by atoms with Crippen molar-refractivity contribution in [2.75, 3.05) is 26.1 Å². The van der Waals surface area contributed by atoms with Crippen molar-refractivity contribution in [3.05, 3.63) is 18.2 Å². The summed E-state index contributed by atoms with van der Waals surface area (Å²) in [4.78, 5) is 26.4. The number of benzene rings is 1. The molecule has 2 amide bonds. The van der Waals surface area contributed by atoms with Crippen LogP contribution in [0.3, 0.4) is 0 Å². The summed E-state index contributed by atoms with van der Waals surface area (Å²) in [6.07, 6.45) is 3.90. The van der Waals surface area contributed by atoms with E-state index in [4.69, 9.17) is 9.47 Å². The van der Waals surface area contributed by atoms with Gasteiger partial charge < -0.3 is 19.7 Å². The van der Waals surface area contributed by atoms with Crippen LogP contribution in [-0.2, 0) is 9.59 Å². The van der Waals surface area contributed by atoms with Crippen LogP contribution in [0.15, 0.2) is 18.2 Å². The highest BCUT2D eigenvalue weighted by atomic mass is 16.5. The Kier molecular flexibility index (Phi) is 5.84. The monoisotopic (exact) mass is 320 g/mol. The number of rotatable bonds is 4. The Morgan fingerprint density at radius 2 is 1.96 bits per heavy atom. The van der Waals surface area contributed by atoms with E-state index < -0.39 is 11.8 Å². The Labute approximate surface area is 136 Å². The van der Waals surface area contributed by atoms with Gasteiger partial charge in [0.25, 0.3) is 0 Å². The first kappa shape index (κ1) is 17.1. The van der Waals surface area contributed by atoms with Crippen LogP contribution in [0, 0.1) is 0 Å². The number of methoxy groups -OCH3 is 2. The van der Waals surface area contributed by atoms with E-state index in [0.717, 1.165) is 25.7 Å². The van der Waals surface area contributed by atoms with Crippen LogP contribution in [0.25, 0.3) is 0 Å². The summed E-state index contributed by atoms with van der Waals surface area (Å²) in [5, 5.41) is 2.64. The number of hydrogen-bond donors (Lipinski definition) is 1. The molecule has 0 radical (unpaired) electrons. The molecule has 1 aliphatic heterocycles. The number of nitrogens with one attached hydrogen (secondary N) is 1. The number of carbonyl (C=O) groups is 2. The Morgan fingerprint density at radius 3 is 2.61 bits per heavy atom. The van der Waals surface area contributed by atoms with Crippen molar-refractivity contribution in [3.63, 3.8) is 0 Å². The first-order valence-corrected chi connectivity index (χ1v) is 7.94. The molecule has 0 saturated carbocycles. The third-order valence-corrected chi connectivity index (χ3v) is 4.19. The fourth-order valence-corrected chi connectivity index (χ4v) is 2.92. The van der Waals surface area contributed by atoms with Gasteiger partial charge in [-0.3, -0.25) is 9.59 Å². The Hall–Kier alpha value is -2.24. The average molecular weight is 320 g/mol. The number of nitrogens with zero attached hydrogens (tertiary/aromatic N) is 1. The molecule has 1 N–H and O–H groups in total. The minimum atomic E-state index is -0.613. The van der Waals surface area contributed by atoms with E-state index in [0.29, 0.717) is 23.7 Å². The van der Waals surface area contributed by atoms with Crippen molar-refractivity contribution >= 4 is 17.5 Å². The Bertz CT molecular complexity index is 574. The molecular formula is C17H24N2O4. The van der Waals surface area contributed by atoms with Gasteiger partial charge in [-0.2, -0.15) is 0 Å². The summed E-state index contributed by atoms with van der Waals surface area (Å²) in [7, 11) is 3.06. The van der Waals surface area contributed by atoms with E-state index in [9.17, 15) is 9.59 Å². The summed E-state index contributed by atoms with van der Waals surface area (Å²) in [6.45, 7) is 2.69. The Balaban J connectivity index is 2.07. The quantitative estimate of drug-likeness (QED) is 0.865. The molecule has 126 valence electrons. The van der Waals surface area contributed by atoms with E-state index in [1.807, 2.05) is 6.92 Å². The molecule has 0 aliphatic carbocycles. The number of likely N-dealkylation sites (tertiary alicyclic amines) is 1. The highest BCUT2D eigenvalue weighted by Crippen LogP contribution is 2.29. The van der Waals surface area contributed by atoms with E-state index in [-0.39, 0.29) is 6.04 Å². The molecule has 1 heterocycles. The average Bonchev–Trinajstić information content (AvgIpc) is 2.60. The van der Waals surface area contributed by atoms with Gasteiger partial charge in [0.05, 0.1) is 14.2 Å². The number of hydrogen-bond acceptors (Lipinski definition) is 4. The predicted octanol–water partition coefficient (Wildman–Crippen LogP) is 2.43. The maximum Gasteiger partial charge on any atom is 0.313 e. The summed E-state index contributed by atoms with van der Waals surface area (Å²) in [5.74, 6) is -0.00929. The predicted molar refractivity (Wildman–Crippen MR) is 87.8 cm³/mol. The van der Waals surface area contributed by atoms with Gasteiger partial charge in [0.1, 0.15) is 0 Å². The van der Waals surface area contributed by atoms with Crippen LogP contribution in [0.4, 0.5) is 5.69 Å². The minimum absolute atomic E-state index is 0.160. The van der Waals surface area contributed by atoms with Crippen LogP contribution >= 0.6 is 0 Å². The lowest BCUT2D eigenvalue weighted by molar-refractivity contribution is -0.145. The van der Waals surface area contributed by atoms with Gasteiger partial charge in [-0.25, -0.2) is 0 Å². The second-order valence-corrected chi connectivity index (χ2v) is 5.58. The van der Waals surface area contributed by atoms with Crippen molar-refractivity contribution in [1.82, 2.24) is 4.90 Å². The highest BCUT2D eigenvalue weighted by Gasteiger charge is 2.29. The first-order chi connectivity index (χ1) is 11.1. The molecule has 2 rings (SSSR count). The molecule has 6 nitrogen and oxygen atoms in total. The lowest BCUT2D eigenvalue weighted by Crippen LogP contribution is -2.48. The maximum atomic E-state index is 12.4. The zero-order valence-corrected chi connectivity index (χ0v) is 13.9. The molecule has 23 heavy (non-hydrogen) atoms. The lowest BCUT2D eigenvalue weighted by atomic mass is 10.00. The van der Waals surface area contributed by atoms with Gasteiger partial charge in [-0.05, 0) is 37.8 Å². The van der Waals surface area contributed by atoms with E-state index >= 15 is 0 Å². The number of carbonyl (C=O) groups excluding carboxylic acids is 2. The highest BCUT2D eigenvalue weighted by molar-refractivity contribution is 6.39. The molecule has 6 heteroatoms. The van der Waals surface area contributed by atoms with Crippen molar-refractivity contribution in [2.24, 2.45) is 0 Å². The van der Waals surface area contributed by atoms with E-state index in [1.54, 1.807) is 30.2 Å². The topological polar surface area (TPSA) is 67.9 Å². The normalized spacial score (nSPS) is 17.5. The summed E-state index contributed by atoms with van der Waals surface area (Å²) in [6, 6.07) is 5.17. The lowest BCUT2D eigenvalue weighted by Gasteiger charge is -2.34. The third-order valence-electron chi connectivity index (χ3n) is 4.19. The molecule has 1 aromatic rings. The molecule has 0 spiro atoms. The minimum Gasteiger partial charge on any atom is -0.493 e. The molecule has 0 bridgehead atoms. The van der Waals surface area contributed by atoms with E-state index in [1.165, 1.54) is 7.11 Å². The first-order valence-electron chi connectivity index (χ1n) is 7.94. The van der Waals surface area contributed by atoms with Gasteiger partial charge in [-0.1, -0.05) is 6.92 Å². The molecule has 0 aromatic heterocycles. The molecule has 1 aliphatic rings. The van der Waals surface area contributed by atoms with Crippen molar-refractivity contribution in [2.45, 2.75) is 38.6 Å². The molecule has 1 fully saturated rings. The van der Waals surface area contributed by atoms with Crippen LogP contribution in [0.1, 0.15) is 32.6 Å². The smallest absolute Gasteiger partial charge is 0.313 e. The standard InChI is InChI=1S/C17H24N2O4/c1-4-13-7-5-6-10-19(13)17(21)16(20)18-12-8-9-14(22-2)15(11-12)23-3/h8-9,11,13H,4-7,10H2,1-3H3,(H,18,20). The number of amides is 2. The largest absolute Gasteiger partial charge is 0.493 e. The number of anilines is 1. The fraction of sp³-hybridized carbons (Fsp3) is 0.529. The van der Waals surface area contributed by atoms with Crippen LogP contribution in [0.5, 0.6) is 11.5 Å². The third kappa shape index (κ3) is 3.94. The van der Waals surface area contributed by atoms with E-state index in [2.05, 4.69) is 5.32 Å². The number of piperidine rings is 1. The zero-order valence-electron chi connectivity index (χ0n) is 13.9. The molecule has 1 atom stereocenters. The van der Waals surface area contributed by atoms with Gasteiger partial charge in [0.2, 0.25) is 0 Å². The van der Waals surface area contributed by atoms with Gasteiger partial charge >= 0.3 is 11.8 Å². The fourth-order valence-electron chi connectivity index (χ4n) is 2.92. The van der Waals surface area contributed by atoms with Crippen LogP contribution in [0.2, 0.25) is 0 Å². The molecular weight excluding hydrogens is 296 g/mol. The maximum absolute atomic E-state index is 12.4. The van der Waals surface area contributed by atoms with Crippen LogP contribution < -0.4 is 14.8 Å². The van der Waals surface area contributed by atoms with Gasteiger partial charge in [0, 0.05) is 24.3 Å².